The topological polar surface area (TPSA) is 129 Å². The molecule has 2 aromatic carbocycles. The number of rotatable bonds is 5. The molecule has 1 aliphatic rings. The predicted octanol–water partition coefficient (Wildman–Crippen LogP) is 1.13. The second-order valence-electron chi connectivity index (χ2n) is 7.15. The van der Waals surface area contributed by atoms with Gasteiger partial charge in [0, 0.05) is 0 Å². The van der Waals surface area contributed by atoms with Crippen LogP contribution in [0.2, 0.25) is 0 Å². The van der Waals surface area contributed by atoms with E-state index in [1.165, 1.54) is 16.7 Å². The van der Waals surface area contributed by atoms with Crippen LogP contribution in [0.5, 0.6) is 5.75 Å². The number of amides is 2. The number of aryl methyl sites for hydroxylation is 1. The molecule has 1 aliphatic heterocycles. The molecule has 0 radical (unpaired) electrons. The first-order chi connectivity index (χ1) is 15.8. The predicted molar refractivity (Wildman–Crippen MR) is 129 cm³/mol. The summed E-state index contributed by atoms with van der Waals surface area (Å²) in [5.74, 6) is 0.0392. The fraction of sp³-hybridized carbons (Fsp3) is 0.190. The number of thioether (sulfide) groups is 1. The van der Waals surface area contributed by atoms with E-state index in [-0.39, 0.29) is 40.0 Å². The number of thiocarbonyl (C=S) groups is 1. The number of para-hydroxylation sites is 1. The molecule has 170 valence electrons. The van der Waals surface area contributed by atoms with Crippen LogP contribution in [0.25, 0.3) is 10.9 Å². The van der Waals surface area contributed by atoms with Crippen LogP contribution in [0.3, 0.4) is 0 Å². The zero-order chi connectivity index (χ0) is 23.5. The molecule has 2 amide bonds. The Balaban J connectivity index is 1.37. The van der Waals surface area contributed by atoms with Gasteiger partial charge in [-0.25, -0.2) is 15.1 Å². The molecular formula is C21H20N6O4S2. The lowest BCUT2D eigenvalue weighted by Crippen LogP contribution is -2.50. The first-order valence-corrected chi connectivity index (χ1v) is 11.3. The van der Waals surface area contributed by atoms with Crippen molar-refractivity contribution in [1.82, 2.24) is 25.4 Å². The smallest absolute Gasteiger partial charge is 0.280 e. The Bertz CT molecular complexity index is 1290. The minimum atomic E-state index is -0.509. The SMILES string of the molecule is Cc1nc2ccccc2c(=O)n1NC(=O)CNNC(=S)N1C(=O)CSC1c1ccc(O)cc1. The molecule has 12 heteroatoms. The van der Waals surface area contributed by atoms with Gasteiger partial charge in [-0.1, -0.05) is 24.3 Å². The molecule has 3 aromatic rings. The lowest BCUT2D eigenvalue weighted by Gasteiger charge is -2.25. The number of carbonyl (C=O) groups excluding carboxylic acids is 2. The van der Waals surface area contributed by atoms with E-state index in [0.717, 1.165) is 10.2 Å². The molecule has 1 atom stereocenters. The highest BCUT2D eigenvalue weighted by Crippen LogP contribution is 2.38. The third-order valence-corrected chi connectivity index (χ3v) is 6.40. The van der Waals surface area contributed by atoms with Crippen LogP contribution >= 0.6 is 24.0 Å². The molecule has 2 heterocycles. The standard InChI is InChI=1S/C21H20N6O4S2/c1-12-23-16-5-3-2-4-15(16)19(31)27(12)25-17(29)10-22-24-21(32)26-18(30)11-33-20(26)13-6-8-14(28)9-7-13/h2-9,20,22,28H,10-11H2,1H3,(H,24,32)(H,25,29). The molecule has 1 unspecified atom stereocenters. The van der Waals surface area contributed by atoms with Crippen molar-refractivity contribution >= 4 is 51.8 Å². The Kier molecular flexibility index (Phi) is 6.58. The van der Waals surface area contributed by atoms with E-state index in [1.807, 2.05) is 0 Å². The second-order valence-corrected chi connectivity index (χ2v) is 8.61. The van der Waals surface area contributed by atoms with E-state index in [1.54, 1.807) is 55.5 Å². The number of hydrogen-bond acceptors (Lipinski definition) is 8. The highest BCUT2D eigenvalue weighted by Gasteiger charge is 2.35. The van der Waals surface area contributed by atoms with Crippen molar-refractivity contribution < 1.29 is 14.7 Å². The average molecular weight is 485 g/mol. The number of hydrazine groups is 1. The molecule has 1 aromatic heterocycles. The Labute approximate surface area is 197 Å². The van der Waals surface area contributed by atoms with E-state index in [2.05, 4.69) is 21.3 Å². The quantitative estimate of drug-likeness (QED) is 0.311. The fourth-order valence-electron chi connectivity index (χ4n) is 3.33. The normalized spacial score (nSPS) is 15.6. The van der Waals surface area contributed by atoms with Gasteiger partial charge in [0.25, 0.3) is 11.5 Å². The summed E-state index contributed by atoms with van der Waals surface area (Å²) in [5.41, 5.74) is 8.87. The summed E-state index contributed by atoms with van der Waals surface area (Å²) in [5, 5.41) is 9.64. The first-order valence-electron chi connectivity index (χ1n) is 9.89. The Morgan fingerprint density at radius 1 is 1.21 bits per heavy atom. The fourth-order valence-corrected chi connectivity index (χ4v) is 4.84. The lowest BCUT2D eigenvalue weighted by molar-refractivity contribution is -0.124. The van der Waals surface area contributed by atoms with Gasteiger partial charge >= 0.3 is 0 Å². The van der Waals surface area contributed by atoms with E-state index < -0.39 is 5.91 Å². The van der Waals surface area contributed by atoms with Crippen molar-refractivity contribution in [3.05, 3.63) is 70.3 Å². The summed E-state index contributed by atoms with van der Waals surface area (Å²) in [4.78, 5) is 43.2. The van der Waals surface area contributed by atoms with Gasteiger partial charge in [-0.3, -0.25) is 30.1 Å². The molecule has 0 aliphatic carbocycles. The maximum absolute atomic E-state index is 12.7. The van der Waals surface area contributed by atoms with Crippen LogP contribution in [0, 0.1) is 6.92 Å². The van der Waals surface area contributed by atoms with Crippen LogP contribution < -0.4 is 21.8 Å². The molecule has 0 spiro atoms. The van der Waals surface area contributed by atoms with Crippen molar-refractivity contribution in [2.24, 2.45) is 0 Å². The number of nitrogens with one attached hydrogen (secondary N) is 3. The summed E-state index contributed by atoms with van der Waals surface area (Å²) >= 11 is 6.75. The van der Waals surface area contributed by atoms with Gasteiger partial charge in [-0.15, -0.1) is 11.8 Å². The Morgan fingerprint density at radius 3 is 2.70 bits per heavy atom. The van der Waals surface area contributed by atoms with Crippen molar-refractivity contribution in [2.45, 2.75) is 12.3 Å². The van der Waals surface area contributed by atoms with Crippen LogP contribution in [0.15, 0.2) is 53.3 Å². The largest absolute Gasteiger partial charge is 0.508 e. The minimum absolute atomic E-state index is 0.108. The second kappa shape index (κ2) is 9.57. The lowest BCUT2D eigenvalue weighted by atomic mass is 10.2. The molecule has 4 rings (SSSR count). The van der Waals surface area contributed by atoms with Crippen LogP contribution in [-0.2, 0) is 9.59 Å². The molecule has 1 fully saturated rings. The van der Waals surface area contributed by atoms with E-state index in [0.29, 0.717) is 16.7 Å². The average Bonchev–Trinajstić information content (AvgIpc) is 3.18. The molecular weight excluding hydrogens is 464 g/mol. The molecule has 0 saturated carbocycles. The van der Waals surface area contributed by atoms with Gasteiger partial charge in [-0.05, 0) is 49.0 Å². The van der Waals surface area contributed by atoms with Gasteiger partial charge in [0.1, 0.15) is 16.9 Å². The third kappa shape index (κ3) is 4.82. The number of hydrogen-bond donors (Lipinski definition) is 4. The Hall–Kier alpha value is -3.48. The van der Waals surface area contributed by atoms with Gasteiger partial charge < -0.3 is 5.11 Å². The maximum atomic E-state index is 12.7. The highest BCUT2D eigenvalue weighted by molar-refractivity contribution is 8.00. The number of aromatic nitrogens is 2. The first kappa shape index (κ1) is 22.7. The van der Waals surface area contributed by atoms with Crippen LogP contribution in [0.1, 0.15) is 16.8 Å². The number of fused-ring (bicyclic) bond motifs is 1. The van der Waals surface area contributed by atoms with Gasteiger partial charge in [-0.2, -0.15) is 0 Å². The van der Waals surface area contributed by atoms with Crippen molar-refractivity contribution in [3.63, 3.8) is 0 Å². The summed E-state index contributed by atoms with van der Waals surface area (Å²) in [7, 11) is 0. The highest BCUT2D eigenvalue weighted by atomic mass is 32.2. The summed E-state index contributed by atoms with van der Waals surface area (Å²) < 4.78 is 1.09. The summed E-state index contributed by atoms with van der Waals surface area (Å²) in [6.45, 7) is 1.40. The number of phenolic OH excluding ortho intramolecular Hbond substituents is 1. The van der Waals surface area contributed by atoms with E-state index >= 15 is 0 Å². The summed E-state index contributed by atoms with van der Waals surface area (Å²) in [6.07, 6.45) is 0. The Morgan fingerprint density at radius 2 is 1.94 bits per heavy atom. The third-order valence-electron chi connectivity index (χ3n) is 4.89. The van der Waals surface area contributed by atoms with Gasteiger partial charge in [0.2, 0.25) is 5.91 Å². The molecule has 1 saturated heterocycles. The molecule has 4 N–H and O–H groups in total. The van der Waals surface area contributed by atoms with Gasteiger partial charge in [0.15, 0.2) is 5.11 Å². The molecule has 33 heavy (non-hydrogen) atoms. The number of carbonyl (C=O) groups is 2. The zero-order valence-corrected chi connectivity index (χ0v) is 19.1. The van der Waals surface area contributed by atoms with Crippen molar-refractivity contribution in [3.8, 4) is 5.75 Å². The van der Waals surface area contributed by atoms with E-state index in [4.69, 9.17) is 12.2 Å². The van der Waals surface area contributed by atoms with Crippen LogP contribution in [0.4, 0.5) is 0 Å². The minimum Gasteiger partial charge on any atom is -0.508 e. The maximum Gasteiger partial charge on any atom is 0.280 e. The zero-order valence-electron chi connectivity index (χ0n) is 17.4. The molecule has 10 nitrogen and oxygen atoms in total. The van der Waals surface area contributed by atoms with E-state index in [9.17, 15) is 19.5 Å². The monoisotopic (exact) mass is 484 g/mol. The number of phenols is 1. The summed E-state index contributed by atoms with van der Waals surface area (Å²) in [6, 6.07) is 13.4. The number of benzene rings is 2. The molecule has 0 bridgehead atoms. The van der Waals surface area contributed by atoms with Crippen molar-refractivity contribution in [1.29, 1.82) is 0 Å². The number of nitrogens with zero attached hydrogens (tertiary/aromatic N) is 3. The van der Waals surface area contributed by atoms with Crippen LogP contribution in [-0.4, -0.2) is 48.9 Å². The van der Waals surface area contributed by atoms with Crippen molar-refractivity contribution in [2.75, 3.05) is 17.7 Å². The van der Waals surface area contributed by atoms with Gasteiger partial charge in [0.05, 0.1) is 23.2 Å². The number of aromatic hydroxyl groups is 1.